The smallest absolute Gasteiger partial charge is 0.424 e. The molecule has 9 nitrogen and oxygen atoms in total. The third kappa shape index (κ3) is 6.85. The zero-order chi connectivity index (χ0) is 28.3. The summed E-state index contributed by atoms with van der Waals surface area (Å²) in [7, 11) is 0. The van der Waals surface area contributed by atoms with E-state index in [2.05, 4.69) is 25.3 Å². The molecule has 5 rings (SSSR count). The van der Waals surface area contributed by atoms with E-state index in [-0.39, 0.29) is 34.5 Å². The Balaban J connectivity index is 1.21. The Kier molecular flexibility index (Phi) is 8.15. The first-order valence-corrected chi connectivity index (χ1v) is 13.5. The van der Waals surface area contributed by atoms with E-state index >= 15 is 0 Å². The van der Waals surface area contributed by atoms with Crippen LogP contribution in [0.25, 0.3) is 11.3 Å². The monoisotopic (exact) mass is 559 g/mol. The van der Waals surface area contributed by atoms with Crippen molar-refractivity contribution >= 4 is 17.4 Å². The Labute approximate surface area is 229 Å². The number of non-ortho nitro benzene ring substituents is 1. The lowest BCUT2D eigenvalue weighted by Gasteiger charge is -2.40. The molecule has 3 atom stereocenters. The molecule has 1 aromatic heterocycles. The lowest BCUT2D eigenvalue weighted by atomic mass is 9.89. The molecule has 2 heterocycles. The number of nitrogens with zero attached hydrogens (tertiary/aromatic N) is 3. The van der Waals surface area contributed by atoms with Crippen molar-refractivity contribution in [2.75, 3.05) is 23.3 Å². The highest BCUT2D eigenvalue weighted by Crippen LogP contribution is 2.32. The number of nitrogens with one attached hydrogen (secondary N) is 2. The van der Waals surface area contributed by atoms with Crippen molar-refractivity contribution in [3.8, 4) is 17.1 Å². The van der Waals surface area contributed by atoms with Crippen LogP contribution in [-0.4, -0.2) is 47.5 Å². The zero-order valence-corrected chi connectivity index (χ0v) is 22.1. The molecule has 12 heteroatoms. The predicted octanol–water partition coefficient (Wildman–Crippen LogP) is 6.44. The molecular weight excluding hydrogens is 527 g/mol. The predicted molar refractivity (Wildman–Crippen MR) is 144 cm³/mol. The lowest BCUT2D eigenvalue weighted by Crippen LogP contribution is -2.54. The number of benzene rings is 2. The first-order chi connectivity index (χ1) is 19.1. The van der Waals surface area contributed by atoms with Gasteiger partial charge < -0.3 is 24.7 Å². The second kappa shape index (κ2) is 11.7. The maximum atomic E-state index is 12.5. The largest absolute Gasteiger partial charge is 0.573 e. The molecule has 1 saturated carbocycles. The van der Waals surface area contributed by atoms with Gasteiger partial charge in [0.2, 0.25) is 0 Å². The van der Waals surface area contributed by atoms with Gasteiger partial charge in [0, 0.05) is 54.6 Å². The SMILES string of the molecule is Cc1cc(OC(F)(F)F)ccc1-c1cnc(N[C@@H]2CCCC[C@H]2NC2CCCN(c3ccc([N+](=O)[O-])cc3)C2)o1. The van der Waals surface area contributed by atoms with Gasteiger partial charge in [0.1, 0.15) is 5.75 Å². The topological polar surface area (TPSA) is 106 Å². The van der Waals surface area contributed by atoms with E-state index in [1.807, 2.05) is 12.1 Å². The van der Waals surface area contributed by atoms with Crippen molar-refractivity contribution in [3.63, 3.8) is 0 Å². The van der Waals surface area contributed by atoms with E-state index in [1.165, 1.54) is 18.2 Å². The van der Waals surface area contributed by atoms with Gasteiger partial charge in [-0.25, -0.2) is 4.98 Å². The molecule has 1 saturated heterocycles. The number of nitro groups is 1. The summed E-state index contributed by atoms with van der Waals surface area (Å²) in [5, 5.41) is 18.3. The Bertz CT molecular complexity index is 1310. The highest BCUT2D eigenvalue weighted by Gasteiger charge is 2.32. The molecule has 2 fully saturated rings. The normalized spacial score (nSPS) is 21.7. The van der Waals surface area contributed by atoms with E-state index in [1.54, 1.807) is 25.3 Å². The van der Waals surface area contributed by atoms with Gasteiger partial charge in [-0.1, -0.05) is 12.8 Å². The van der Waals surface area contributed by atoms with Crippen molar-refractivity contribution < 1.29 is 27.2 Å². The average Bonchev–Trinajstić information content (AvgIpc) is 3.37. The van der Waals surface area contributed by atoms with Gasteiger partial charge in [0.05, 0.1) is 11.1 Å². The summed E-state index contributed by atoms with van der Waals surface area (Å²) in [5.41, 5.74) is 2.29. The molecule has 0 bridgehead atoms. The van der Waals surface area contributed by atoms with E-state index in [0.29, 0.717) is 22.9 Å². The molecule has 1 aliphatic heterocycles. The second-order valence-electron chi connectivity index (χ2n) is 10.4. The van der Waals surface area contributed by atoms with Crippen molar-refractivity contribution in [1.82, 2.24) is 10.3 Å². The molecule has 1 aliphatic carbocycles. The van der Waals surface area contributed by atoms with Crippen LogP contribution in [0.4, 0.5) is 30.6 Å². The highest BCUT2D eigenvalue weighted by atomic mass is 19.4. The molecule has 0 radical (unpaired) electrons. The Morgan fingerprint density at radius 2 is 1.82 bits per heavy atom. The van der Waals surface area contributed by atoms with Crippen LogP contribution in [0.5, 0.6) is 5.75 Å². The van der Waals surface area contributed by atoms with Gasteiger partial charge in [-0.2, -0.15) is 0 Å². The molecule has 2 aromatic carbocycles. The average molecular weight is 560 g/mol. The Morgan fingerprint density at radius 1 is 1.07 bits per heavy atom. The molecule has 2 aliphatic rings. The zero-order valence-electron chi connectivity index (χ0n) is 22.1. The Morgan fingerprint density at radius 3 is 2.52 bits per heavy atom. The number of anilines is 2. The van der Waals surface area contributed by atoms with Gasteiger partial charge in [0.25, 0.3) is 11.7 Å². The summed E-state index contributed by atoms with van der Waals surface area (Å²) in [4.78, 5) is 17.3. The van der Waals surface area contributed by atoms with Gasteiger partial charge in [0.15, 0.2) is 5.76 Å². The van der Waals surface area contributed by atoms with Crippen LogP contribution in [0.2, 0.25) is 0 Å². The van der Waals surface area contributed by atoms with Crippen LogP contribution in [0, 0.1) is 17.0 Å². The van der Waals surface area contributed by atoms with Crippen LogP contribution < -0.4 is 20.3 Å². The number of alkyl halides is 3. The van der Waals surface area contributed by atoms with Crippen molar-refractivity contribution in [2.24, 2.45) is 0 Å². The van der Waals surface area contributed by atoms with E-state index in [4.69, 9.17) is 4.42 Å². The fraction of sp³-hybridized carbons (Fsp3) is 0.464. The molecule has 2 N–H and O–H groups in total. The number of ether oxygens (including phenoxy) is 1. The number of rotatable bonds is 8. The van der Waals surface area contributed by atoms with Crippen LogP contribution in [0.3, 0.4) is 0 Å². The number of aromatic nitrogens is 1. The quantitative estimate of drug-likeness (QED) is 0.240. The summed E-state index contributed by atoms with van der Waals surface area (Å²) in [5.74, 6) is 0.183. The summed E-state index contributed by atoms with van der Waals surface area (Å²) in [6, 6.07) is 11.8. The van der Waals surface area contributed by atoms with Crippen molar-refractivity contribution in [3.05, 3.63) is 64.3 Å². The molecular formula is C28H32F3N5O4. The summed E-state index contributed by atoms with van der Waals surface area (Å²) >= 11 is 0. The molecule has 1 unspecified atom stereocenters. The number of hydrogen-bond donors (Lipinski definition) is 2. The van der Waals surface area contributed by atoms with Crippen LogP contribution in [0.15, 0.2) is 53.1 Å². The van der Waals surface area contributed by atoms with Crippen LogP contribution in [0.1, 0.15) is 44.1 Å². The van der Waals surface area contributed by atoms with Gasteiger partial charge in [-0.15, -0.1) is 13.2 Å². The summed E-state index contributed by atoms with van der Waals surface area (Å²) < 4.78 is 47.6. The lowest BCUT2D eigenvalue weighted by molar-refractivity contribution is -0.384. The van der Waals surface area contributed by atoms with Gasteiger partial charge >= 0.3 is 6.36 Å². The fourth-order valence-electron chi connectivity index (χ4n) is 5.67. The molecule has 214 valence electrons. The minimum Gasteiger partial charge on any atom is -0.424 e. The van der Waals surface area contributed by atoms with E-state index in [9.17, 15) is 23.3 Å². The van der Waals surface area contributed by atoms with Crippen LogP contribution in [-0.2, 0) is 0 Å². The second-order valence-corrected chi connectivity index (χ2v) is 10.4. The van der Waals surface area contributed by atoms with Crippen molar-refractivity contribution in [2.45, 2.75) is 69.9 Å². The maximum Gasteiger partial charge on any atom is 0.573 e. The third-order valence-electron chi connectivity index (χ3n) is 7.57. The number of nitro benzene ring substituents is 1. The van der Waals surface area contributed by atoms with Crippen molar-refractivity contribution in [1.29, 1.82) is 0 Å². The maximum absolute atomic E-state index is 12.5. The van der Waals surface area contributed by atoms with E-state index < -0.39 is 6.36 Å². The molecule has 40 heavy (non-hydrogen) atoms. The number of oxazole rings is 1. The summed E-state index contributed by atoms with van der Waals surface area (Å²) in [6.07, 6.45) is 3.07. The van der Waals surface area contributed by atoms with Crippen LogP contribution >= 0.6 is 0 Å². The summed E-state index contributed by atoms with van der Waals surface area (Å²) in [6.45, 7) is 3.42. The first kappa shape index (κ1) is 27.8. The highest BCUT2D eigenvalue weighted by molar-refractivity contribution is 5.63. The number of aryl methyl sites for hydroxylation is 1. The molecule has 3 aromatic rings. The Hall–Kier alpha value is -3.80. The minimum atomic E-state index is -4.75. The van der Waals surface area contributed by atoms with E-state index in [0.717, 1.165) is 57.3 Å². The molecule has 0 spiro atoms. The van der Waals surface area contributed by atoms with Gasteiger partial charge in [-0.05, 0) is 68.5 Å². The number of piperidine rings is 1. The fourth-order valence-corrected chi connectivity index (χ4v) is 5.67. The standard InChI is InChI=1S/C28H32F3N5O4/c1-18-15-22(40-28(29,30)31)12-13-23(18)26-16-32-27(39-26)34-25-7-3-2-6-24(25)33-19-5-4-14-35(17-19)20-8-10-21(11-9-20)36(37)38/h8-13,15-16,19,24-25,33H,2-7,14,17H2,1H3,(H,32,34)/t19?,24-,25-/m1/s1. The number of halogens is 3. The number of hydrogen-bond acceptors (Lipinski definition) is 8. The molecule has 0 amide bonds. The minimum absolute atomic E-state index is 0.0869. The van der Waals surface area contributed by atoms with Gasteiger partial charge in [-0.3, -0.25) is 10.1 Å². The first-order valence-electron chi connectivity index (χ1n) is 13.5. The third-order valence-corrected chi connectivity index (χ3v) is 7.57.